The third-order valence-corrected chi connectivity index (χ3v) is 3.86. The van der Waals surface area contributed by atoms with Crippen LogP contribution in [0.15, 0.2) is 67.3 Å². The van der Waals surface area contributed by atoms with Crippen molar-refractivity contribution in [2.24, 2.45) is 0 Å². The Hall–Kier alpha value is -3.28. The maximum Gasteiger partial charge on any atom is 0.258 e. The van der Waals surface area contributed by atoms with E-state index >= 15 is 0 Å². The van der Waals surface area contributed by atoms with Crippen LogP contribution in [0.25, 0.3) is 0 Å². The molecule has 0 saturated carbocycles. The summed E-state index contributed by atoms with van der Waals surface area (Å²) >= 11 is 0. The average Bonchev–Trinajstić information content (AvgIpc) is 3.19. The minimum absolute atomic E-state index is 0.0565. The molecule has 3 rings (SSSR count). The normalized spacial score (nSPS) is 10.3. The van der Waals surface area contributed by atoms with E-state index in [2.05, 4.69) is 10.3 Å². The summed E-state index contributed by atoms with van der Waals surface area (Å²) in [6.45, 7) is 1.18. The Morgan fingerprint density at radius 2 is 1.81 bits per heavy atom. The molecule has 0 aliphatic rings. The second kappa shape index (κ2) is 8.71. The van der Waals surface area contributed by atoms with Crippen molar-refractivity contribution >= 4 is 5.91 Å². The van der Waals surface area contributed by atoms with Gasteiger partial charge in [0.05, 0.1) is 13.4 Å². The van der Waals surface area contributed by atoms with Crippen LogP contribution in [0.1, 0.15) is 11.1 Å². The van der Waals surface area contributed by atoms with Gasteiger partial charge in [0.15, 0.2) is 18.1 Å². The van der Waals surface area contributed by atoms with Crippen LogP contribution in [0, 0.1) is 0 Å². The first kappa shape index (κ1) is 17.5. The molecule has 0 aliphatic carbocycles. The molecular formula is C20H21N3O3. The Kier molecular flexibility index (Phi) is 5.88. The Balaban J connectivity index is 1.45. The summed E-state index contributed by atoms with van der Waals surface area (Å²) in [5, 5.41) is 2.85. The Morgan fingerprint density at radius 3 is 2.50 bits per heavy atom. The number of aromatic nitrogens is 2. The number of methoxy groups -OCH3 is 1. The molecule has 0 saturated heterocycles. The molecule has 2 aromatic carbocycles. The van der Waals surface area contributed by atoms with Crippen LogP contribution >= 0.6 is 0 Å². The molecule has 0 bridgehead atoms. The maximum absolute atomic E-state index is 12.0. The highest BCUT2D eigenvalue weighted by atomic mass is 16.5. The van der Waals surface area contributed by atoms with E-state index in [1.165, 1.54) is 5.56 Å². The molecule has 0 atom stereocenters. The van der Waals surface area contributed by atoms with Crippen molar-refractivity contribution in [2.75, 3.05) is 13.7 Å². The molecule has 3 aromatic rings. The van der Waals surface area contributed by atoms with E-state index in [9.17, 15) is 4.79 Å². The predicted octanol–water partition coefficient (Wildman–Crippen LogP) is 2.64. The molecule has 1 heterocycles. The number of rotatable bonds is 8. The summed E-state index contributed by atoms with van der Waals surface area (Å²) in [5.41, 5.74) is 2.21. The lowest BCUT2D eigenvalue weighted by atomic mass is 10.1. The second-order valence-corrected chi connectivity index (χ2v) is 5.77. The topological polar surface area (TPSA) is 65.4 Å². The van der Waals surface area contributed by atoms with Gasteiger partial charge in [-0.1, -0.05) is 36.4 Å². The molecule has 6 heteroatoms. The van der Waals surface area contributed by atoms with Crippen LogP contribution in [-0.2, 0) is 17.9 Å². The van der Waals surface area contributed by atoms with E-state index in [0.717, 1.165) is 12.1 Å². The van der Waals surface area contributed by atoms with E-state index < -0.39 is 0 Å². The molecule has 26 heavy (non-hydrogen) atoms. The quantitative estimate of drug-likeness (QED) is 0.678. The standard InChI is InChI=1S/C20H21N3O3/c1-25-18-4-2-3-5-19(18)26-14-20(24)22-12-16-6-8-17(9-7-16)13-23-11-10-21-15-23/h2-11,15H,12-14H2,1H3,(H,22,24). The molecule has 134 valence electrons. The summed E-state index contributed by atoms with van der Waals surface area (Å²) in [5.74, 6) is 0.973. The van der Waals surface area contributed by atoms with Crippen LogP contribution in [0.3, 0.4) is 0 Å². The van der Waals surface area contributed by atoms with Crippen molar-refractivity contribution in [3.05, 3.63) is 78.4 Å². The van der Waals surface area contributed by atoms with Crippen molar-refractivity contribution in [3.63, 3.8) is 0 Å². The van der Waals surface area contributed by atoms with Gasteiger partial charge in [-0.15, -0.1) is 0 Å². The number of amides is 1. The SMILES string of the molecule is COc1ccccc1OCC(=O)NCc1ccc(Cn2ccnc2)cc1. The average molecular weight is 351 g/mol. The van der Waals surface area contributed by atoms with Crippen LogP contribution in [-0.4, -0.2) is 29.2 Å². The molecule has 1 amide bonds. The molecule has 6 nitrogen and oxygen atoms in total. The van der Waals surface area contributed by atoms with Gasteiger partial charge < -0.3 is 19.4 Å². The van der Waals surface area contributed by atoms with E-state index in [1.807, 2.05) is 47.2 Å². The van der Waals surface area contributed by atoms with Crippen LogP contribution in [0.2, 0.25) is 0 Å². The number of para-hydroxylation sites is 2. The lowest BCUT2D eigenvalue weighted by molar-refractivity contribution is -0.123. The van der Waals surface area contributed by atoms with Gasteiger partial charge in [0.1, 0.15) is 0 Å². The van der Waals surface area contributed by atoms with Gasteiger partial charge in [-0.05, 0) is 23.3 Å². The van der Waals surface area contributed by atoms with E-state index in [1.54, 1.807) is 31.8 Å². The molecule has 0 spiro atoms. The van der Waals surface area contributed by atoms with Gasteiger partial charge in [0.2, 0.25) is 0 Å². The van der Waals surface area contributed by atoms with Gasteiger partial charge in [0, 0.05) is 25.5 Å². The van der Waals surface area contributed by atoms with Crippen molar-refractivity contribution < 1.29 is 14.3 Å². The first-order chi connectivity index (χ1) is 12.7. The highest BCUT2D eigenvalue weighted by molar-refractivity contribution is 5.77. The number of carbonyl (C=O) groups is 1. The van der Waals surface area contributed by atoms with E-state index in [-0.39, 0.29) is 12.5 Å². The van der Waals surface area contributed by atoms with Crippen LogP contribution in [0.5, 0.6) is 11.5 Å². The Labute approximate surface area is 152 Å². The summed E-state index contributed by atoms with van der Waals surface area (Å²) in [6.07, 6.45) is 5.47. The Morgan fingerprint density at radius 1 is 1.08 bits per heavy atom. The number of benzene rings is 2. The monoisotopic (exact) mass is 351 g/mol. The number of nitrogens with one attached hydrogen (secondary N) is 1. The van der Waals surface area contributed by atoms with Crippen molar-refractivity contribution in [3.8, 4) is 11.5 Å². The van der Waals surface area contributed by atoms with Crippen molar-refractivity contribution in [1.82, 2.24) is 14.9 Å². The molecule has 1 N–H and O–H groups in total. The number of hydrogen-bond acceptors (Lipinski definition) is 4. The maximum atomic E-state index is 12.0. The zero-order chi connectivity index (χ0) is 18.2. The fraction of sp³-hybridized carbons (Fsp3) is 0.200. The zero-order valence-corrected chi connectivity index (χ0v) is 14.6. The van der Waals surface area contributed by atoms with E-state index in [4.69, 9.17) is 9.47 Å². The molecule has 0 radical (unpaired) electrons. The van der Waals surface area contributed by atoms with E-state index in [0.29, 0.717) is 18.0 Å². The fourth-order valence-electron chi connectivity index (χ4n) is 2.49. The first-order valence-corrected chi connectivity index (χ1v) is 8.30. The number of ether oxygens (including phenoxy) is 2. The zero-order valence-electron chi connectivity index (χ0n) is 14.6. The minimum Gasteiger partial charge on any atom is -0.493 e. The summed E-state index contributed by atoms with van der Waals surface area (Å²) in [4.78, 5) is 16.0. The summed E-state index contributed by atoms with van der Waals surface area (Å²) in [7, 11) is 1.57. The van der Waals surface area contributed by atoms with Crippen molar-refractivity contribution in [1.29, 1.82) is 0 Å². The number of hydrogen-bond donors (Lipinski definition) is 1. The summed E-state index contributed by atoms with van der Waals surface area (Å²) < 4.78 is 12.7. The highest BCUT2D eigenvalue weighted by Crippen LogP contribution is 2.25. The van der Waals surface area contributed by atoms with Gasteiger partial charge in [-0.2, -0.15) is 0 Å². The molecule has 1 aromatic heterocycles. The molecule has 0 fully saturated rings. The lowest BCUT2D eigenvalue weighted by Crippen LogP contribution is -2.28. The van der Waals surface area contributed by atoms with Gasteiger partial charge >= 0.3 is 0 Å². The summed E-state index contributed by atoms with van der Waals surface area (Å²) in [6, 6.07) is 15.4. The van der Waals surface area contributed by atoms with Crippen molar-refractivity contribution in [2.45, 2.75) is 13.1 Å². The minimum atomic E-state index is -0.182. The predicted molar refractivity (Wildman–Crippen MR) is 98.1 cm³/mol. The number of imidazole rings is 1. The smallest absolute Gasteiger partial charge is 0.258 e. The lowest BCUT2D eigenvalue weighted by Gasteiger charge is -2.11. The largest absolute Gasteiger partial charge is 0.493 e. The third kappa shape index (κ3) is 4.86. The van der Waals surface area contributed by atoms with Gasteiger partial charge in [-0.3, -0.25) is 4.79 Å². The van der Waals surface area contributed by atoms with Gasteiger partial charge in [0.25, 0.3) is 5.91 Å². The fourth-order valence-corrected chi connectivity index (χ4v) is 2.49. The highest BCUT2D eigenvalue weighted by Gasteiger charge is 2.06. The number of nitrogens with zero attached hydrogens (tertiary/aromatic N) is 2. The molecule has 0 unspecified atom stereocenters. The number of carbonyl (C=O) groups excluding carboxylic acids is 1. The molecular weight excluding hydrogens is 330 g/mol. The van der Waals surface area contributed by atoms with Crippen LogP contribution < -0.4 is 14.8 Å². The van der Waals surface area contributed by atoms with Gasteiger partial charge in [-0.25, -0.2) is 4.98 Å². The second-order valence-electron chi connectivity index (χ2n) is 5.77. The third-order valence-electron chi connectivity index (χ3n) is 3.86. The van der Waals surface area contributed by atoms with Crippen LogP contribution in [0.4, 0.5) is 0 Å². The molecule has 0 aliphatic heterocycles. The first-order valence-electron chi connectivity index (χ1n) is 8.30. The Bertz CT molecular complexity index is 830.